The molecule has 1 aromatic rings. The fraction of sp³-hybridized carbons (Fsp3) is 0.684. The number of nitrogens with zero attached hydrogens (tertiary/aromatic N) is 1. The molecule has 0 bridgehead atoms. The van der Waals surface area contributed by atoms with Gasteiger partial charge in [-0.3, -0.25) is 4.90 Å². The van der Waals surface area contributed by atoms with Crippen molar-refractivity contribution in [2.75, 3.05) is 13.1 Å². The normalized spacial score (nSPS) is 13.4. The Balaban J connectivity index is 2.83. The highest BCUT2D eigenvalue weighted by atomic mass is 16.3. The molecular formula is C19H33NO. The zero-order chi connectivity index (χ0) is 16.0. The van der Waals surface area contributed by atoms with Crippen LogP contribution in [-0.4, -0.2) is 29.1 Å². The minimum Gasteiger partial charge on any atom is -0.387 e. The zero-order valence-corrected chi connectivity index (χ0v) is 14.7. The predicted molar refractivity (Wildman–Crippen MR) is 91.7 cm³/mol. The molecule has 0 aliphatic carbocycles. The molecule has 0 radical (unpaired) electrons. The van der Waals surface area contributed by atoms with Crippen LogP contribution in [0.4, 0.5) is 0 Å². The number of aliphatic hydroxyl groups is 1. The smallest absolute Gasteiger partial charge is 0.0917 e. The van der Waals surface area contributed by atoms with Crippen molar-refractivity contribution < 1.29 is 5.11 Å². The third-order valence-corrected chi connectivity index (χ3v) is 4.38. The van der Waals surface area contributed by atoms with Crippen LogP contribution in [0.1, 0.15) is 63.3 Å². The summed E-state index contributed by atoms with van der Waals surface area (Å²) in [6.07, 6.45) is 1.88. The van der Waals surface area contributed by atoms with E-state index in [-0.39, 0.29) is 0 Å². The van der Waals surface area contributed by atoms with Crippen molar-refractivity contribution in [3.8, 4) is 0 Å². The lowest BCUT2D eigenvalue weighted by atomic mass is 10.0. The Hall–Kier alpha value is -0.860. The second-order valence-electron chi connectivity index (χ2n) is 6.68. The molecule has 1 aromatic carbocycles. The first-order valence-corrected chi connectivity index (χ1v) is 8.38. The van der Waals surface area contributed by atoms with Gasteiger partial charge in [-0.1, -0.05) is 45.9 Å². The molecular weight excluding hydrogens is 258 g/mol. The van der Waals surface area contributed by atoms with Crippen molar-refractivity contribution in [3.63, 3.8) is 0 Å². The van der Waals surface area contributed by atoms with Gasteiger partial charge in [0.2, 0.25) is 0 Å². The number of hydrogen-bond acceptors (Lipinski definition) is 2. The molecule has 0 aliphatic heterocycles. The Morgan fingerprint density at radius 3 is 2.10 bits per heavy atom. The van der Waals surface area contributed by atoms with Crippen LogP contribution in [0.15, 0.2) is 18.2 Å². The molecule has 120 valence electrons. The van der Waals surface area contributed by atoms with Gasteiger partial charge in [-0.2, -0.15) is 0 Å². The lowest BCUT2D eigenvalue weighted by Crippen LogP contribution is -2.40. The van der Waals surface area contributed by atoms with Gasteiger partial charge in [0.1, 0.15) is 0 Å². The second-order valence-corrected chi connectivity index (χ2v) is 6.68. The standard InChI is InChI=1S/C19H33NO/c1-7-18(8-2)20(12-14(3)4)13-19(21)17-10-9-15(5)16(6)11-17/h9-11,14,18-19,21H,7-8,12-13H2,1-6H3. The van der Waals surface area contributed by atoms with Gasteiger partial charge in [0.15, 0.2) is 0 Å². The largest absolute Gasteiger partial charge is 0.387 e. The fourth-order valence-corrected chi connectivity index (χ4v) is 2.95. The van der Waals surface area contributed by atoms with Crippen LogP contribution in [0.5, 0.6) is 0 Å². The molecule has 1 rings (SSSR count). The molecule has 0 fully saturated rings. The molecule has 0 saturated heterocycles. The number of hydrogen-bond donors (Lipinski definition) is 1. The van der Waals surface area contributed by atoms with E-state index in [9.17, 15) is 5.11 Å². The third-order valence-electron chi connectivity index (χ3n) is 4.38. The Bertz CT molecular complexity index is 424. The van der Waals surface area contributed by atoms with E-state index in [1.165, 1.54) is 11.1 Å². The average molecular weight is 291 g/mol. The first-order chi connectivity index (χ1) is 9.88. The minimum atomic E-state index is -0.399. The molecule has 1 unspecified atom stereocenters. The minimum absolute atomic E-state index is 0.399. The number of aliphatic hydroxyl groups excluding tert-OH is 1. The van der Waals surface area contributed by atoms with Crippen LogP contribution in [0.2, 0.25) is 0 Å². The molecule has 1 atom stereocenters. The van der Waals surface area contributed by atoms with Crippen molar-refractivity contribution in [1.29, 1.82) is 0 Å². The zero-order valence-electron chi connectivity index (χ0n) is 14.7. The summed E-state index contributed by atoms with van der Waals surface area (Å²) >= 11 is 0. The van der Waals surface area contributed by atoms with Crippen molar-refractivity contribution in [2.24, 2.45) is 5.92 Å². The Morgan fingerprint density at radius 1 is 1.00 bits per heavy atom. The van der Waals surface area contributed by atoms with Crippen molar-refractivity contribution in [3.05, 3.63) is 34.9 Å². The number of benzene rings is 1. The first-order valence-electron chi connectivity index (χ1n) is 8.38. The molecule has 0 amide bonds. The van der Waals surface area contributed by atoms with Gasteiger partial charge in [0.05, 0.1) is 6.10 Å². The second kappa shape index (κ2) is 8.55. The molecule has 2 nitrogen and oxygen atoms in total. The van der Waals surface area contributed by atoms with E-state index < -0.39 is 6.10 Å². The van der Waals surface area contributed by atoms with Gasteiger partial charge >= 0.3 is 0 Å². The van der Waals surface area contributed by atoms with Crippen LogP contribution in [0.25, 0.3) is 0 Å². The highest BCUT2D eigenvalue weighted by molar-refractivity contribution is 5.31. The molecule has 0 heterocycles. The quantitative estimate of drug-likeness (QED) is 0.763. The number of rotatable bonds is 8. The van der Waals surface area contributed by atoms with Gasteiger partial charge in [0, 0.05) is 19.1 Å². The average Bonchev–Trinajstić information content (AvgIpc) is 2.42. The summed E-state index contributed by atoms with van der Waals surface area (Å²) in [6, 6.07) is 6.86. The van der Waals surface area contributed by atoms with Gasteiger partial charge < -0.3 is 5.11 Å². The fourth-order valence-electron chi connectivity index (χ4n) is 2.95. The summed E-state index contributed by atoms with van der Waals surface area (Å²) in [5.74, 6) is 0.623. The third kappa shape index (κ3) is 5.44. The molecule has 0 aromatic heterocycles. The Morgan fingerprint density at radius 2 is 1.62 bits per heavy atom. The Kier molecular flexibility index (Phi) is 7.41. The molecule has 0 spiro atoms. The maximum atomic E-state index is 10.6. The van der Waals surface area contributed by atoms with E-state index in [4.69, 9.17) is 0 Å². The van der Waals surface area contributed by atoms with Crippen LogP contribution in [-0.2, 0) is 0 Å². The van der Waals surface area contributed by atoms with E-state index in [2.05, 4.69) is 64.6 Å². The monoisotopic (exact) mass is 291 g/mol. The molecule has 2 heteroatoms. The molecule has 0 saturated carbocycles. The van der Waals surface area contributed by atoms with E-state index in [0.29, 0.717) is 12.0 Å². The first kappa shape index (κ1) is 18.2. The topological polar surface area (TPSA) is 23.5 Å². The van der Waals surface area contributed by atoms with Crippen molar-refractivity contribution in [1.82, 2.24) is 4.90 Å². The summed E-state index contributed by atoms with van der Waals surface area (Å²) in [6.45, 7) is 15.0. The summed E-state index contributed by atoms with van der Waals surface area (Å²) in [5.41, 5.74) is 3.58. The van der Waals surface area contributed by atoms with E-state index in [0.717, 1.165) is 31.5 Å². The lowest BCUT2D eigenvalue weighted by Gasteiger charge is -2.33. The summed E-state index contributed by atoms with van der Waals surface area (Å²) in [4.78, 5) is 2.46. The van der Waals surface area contributed by atoms with Gasteiger partial charge in [-0.05, 0) is 49.3 Å². The maximum absolute atomic E-state index is 10.6. The van der Waals surface area contributed by atoms with Gasteiger partial charge in [-0.15, -0.1) is 0 Å². The highest BCUT2D eigenvalue weighted by Crippen LogP contribution is 2.21. The molecule has 21 heavy (non-hydrogen) atoms. The van der Waals surface area contributed by atoms with Crippen LogP contribution >= 0.6 is 0 Å². The van der Waals surface area contributed by atoms with Crippen LogP contribution < -0.4 is 0 Å². The molecule has 1 N–H and O–H groups in total. The predicted octanol–water partition coefficient (Wildman–Crippen LogP) is 4.48. The van der Waals surface area contributed by atoms with Crippen LogP contribution in [0.3, 0.4) is 0 Å². The van der Waals surface area contributed by atoms with E-state index in [1.807, 2.05) is 0 Å². The SMILES string of the molecule is CCC(CC)N(CC(C)C)CC(O)c1ccc(C)c(C)c1. The number of aryl methyl sites for hydroxylation is 2. The Labute approximate surface area is 131 Å². The lowest BCUT2D eigenvalue weighted by molar-refractivity contribution is 0.0750. The summed E-state index contributed by atoms with van der Waals surface area (Å²) in [7, 11) is 0. The van der Waals surface area contributed by atoms with Gasteiger partial charge in [-0.25, -0.2) is 0 Å². The van der Waals surface area contributed by atoms with Gasteiger partial charge in [0.25, 0.3) is 0 Å². The summed E-state index contributed by atoms with van der Waals surface area (Å²) in [5, 5.41) is 10.6. The summed E-state index contributed by atoms with van der Waals surface area (Å²) < 4.78 is 0. The van der Waals surface area contributed by atoms with Crippen LogP contribution in [0, 0.1) is 19.8 Å². The van der Waals surface area contributed by atoms with E-state index >= 15 is 0 Å². The molecule has 0 aliphatic rings. The van der Waals surface area contributed by atoms with E-state index in [1.54, 1.807) is 0 Å². The highest BCUT2D eigenvalue weighted by Gasteiger charge is 2.20. The maximum Gasteiger partial charge on any atom is 0.0917 e. The van der Waals surface area contributed by atoms with Crippen molar-refractivity contribution in [2.45, 2.75) is 66.5 Å². The van der Waals surface area contributed by atoms with Crippen molar-refractivity contribution >= 4 is 0 Å².